The highest BCUT2D eigenvalue weighted by molar-refractivity contribution is 5.97. The molecule has 0 aliphatic heterocycles. The Morgan fingerprint density at radius 1 is 0.606 bits per heavy atom. The largest absolute Gasteiger partial charge is 0.461 e. The lowest BCUT2D eigenvalue weighted by molar-refractivity contribution is -0.145. The molecule has 0 spiro atoms. The number of nitrogens with zero attached hydrogens (tertiary/aromatic N) is 1. The minimum Gasteiger partial charge on any atom is -0.461 e. The Kier molecular flexibility index (Phi) is 9.40. The number of hydrogen-bond acceptors (Lipinski definition) is 4. The van der Waals surface area contributed by atoms with Crippen LogP contribution in [-0.4, -0.2) is 29.2 Å². The molecule has 2 amide bonds. The average Bonchev–Trinajstić information content (AvgIpc) is 2.84. The Morgan fingerprint density at radius 2 is 1.06 bits per heavy atom. The van der Waals surface area contributed by atoms with Crippen molar-refractivity contribution in [2.24, 2.45) is 0 Å². The van der Waals surface area contributed by atoms with Crippen LogP contribution in [0.1, 0.15) is 36.0 Å². The summed E-state index contributed by atoms with van der Waals surface area (Å²) in [5, 5.41) is 0. The van der Waals surface area contributed by atoms with Gasteiger partial charge >= 0.3 is 5.97 Å². The van der Waals surface area contributed by atoms with Crippen LogP contribution in [0.25, 0.3) is 0 Å². The third-order valence-electron chi connectivity index (χ3n) is 5.25. The van der Waals surface area contributed by atoms with Gasteiger partial charge in [-0.15, -0.1) is 0 Å². The van der Waals surface area contributed by atoms with Gasteiger partial charge in [-0.05, 0) is 29.5 Å². The zero-order valence-electron chi connectivity index (χ0n) is 18.7. The molecule has 0 saturated carbocycles. The first-order valence-electron chi connectivity index (χ1n) is 11.2. The van der Waals surface area contributed by atoms with Gasteiger partial charge in [-0.25, -0.2) is 0 Å². The number of rotatable bonds is 11. The molecule has 0 aliphatic carbocycles. The summed E-state index contributed by atoms with van der Waals surface area (Å²) >= 11 is 0. The van der Waals surface area contributed by atoms with Gasteiger partial charge in [-0.2, -0.15) is 0 Å². The van der Waals surface area contributed by atoms with Crippen molar-refractivity contribution in [3.63, 3.8) is 0 Å². The van der Waals surface area contributed by atoms with Crippen LogP contribution in [0, 0.1) is 0 Å². The first kappa shape index (κ1) is 23.9. The number of esters is 1. The molecule has 0 heterocycles. The second-order valence-corrected chi connectivity index (χ2v) is 7.87. The number of carbonyl (C=O) groups is 3. The summed E-state index contributed by atoms with van der Waals surface area (Å²) in [5.74, 6) is -0.737. The summed E-state index contributed by atoms with van der Waals surface area (Å²) in [7, 11) is 0. The standard InChI is InChI=1S/C28H29NO4/c30-26(20-23-12-4-1-5-13-23)29(27(31)21-24-14-6-2-7-15-24)19-11-10-18-28(32)33-22-25-16-8-3-9-17-25/h1-9,12-17H,10-11,18-22H2. The van der Waals surface area contributed by atoms with Gasteiger partial charge in [-0.1, -0.05) is 91.0 Å². The summed E-state index contributed by atoms with van der Waals surface area (Å²) in [6.07, 6.45) is 1.67. The SMILES string of the molecule is O=C(CCCCN(C(=O)Cc1ccccc1)C(=O)Cc1ccccc1)OCc1ccccc1. The molecule has 5 nitrogen and oxygen atoms in total. The fourth-order valence-electron chi connectivity index (χ4n) is 3.47. The molecule has 0 bridgehead atoms. The van der Waals surface area contributed by atoms with E-state index in [4.69, 9.17) is 4.74 Å². The van der Waals surface area contributed by atoms with Crippen molar-refractivity contribution < 1.29 is 19.1 Å². The van der Waals surface area contributed by atoms with E-state index < -0.39 is 0 Å². The van der Waals surface area contributed by atoms with E-state index in [-0.39, 0.29) is 50.2 Å². The van der Waals surface area contributed by atoms with Crippen molar-refractivity contribution in [1.29, 1.82) is 0 Å². The Hall–Kier alpha value is -3.73. The molecule has 0 aromatic heterocycles. The van der Waals surface area contributed by atoms with Crippen LogP contribution in [0.2, 0.25) is 0 Å². The molecular formula is C28H29NO4. The highest BCUT2D eigenvalue weighted by atomic mass is 16.5. The second kappa shape index (κ2) is 13.0. The van der Waals surface area contributed by atoms with Gasteiger partial charge in [0.25, 0.3) is 0 Å². The highest BCUT2D eigenvalue weighted by Crippen LogP contribution is 2.10. The molecule has 3 aromatic rings. The maximum absolute atomic E-state index is 12.9. The summed E-state index contributed by atoms with van der Waals surface area (Å²) in [5.41, 5.74) is 2.67. The normalized spacial score (nSPS) is 10.4. The number of hydrogen-bond donors (Lipinski definition) is 0. The molecular weight excluding hydrogens is 414 g/mol. The highest BCUT2D eigenvalue weighted by Gasteiger charge is 2.21. The molecule has 0 fully saturated rings. The van der Waals surface area contributed by atoms with Gasteiger partial charge in [0.05, 0.1) is 12.8 Å². The van der Waals surface area contributed by atoms with Crippen LogP contribution >= 0.6 is 0 Å². The predicted octanol–water partition coefficient (Wildman–Crippen LogP) is 4.74. The third kappa shape index (κ3) is 8.37. The average molecular weight is 444 g/mol. The van der Waals surface area contributed by atoms with Gasteiger partial charge in [0.1, 0.15) is 6.61 Å². The Morgan fingerprint density at radius 3 is 1.55 bits per heavy atom. The maximum Gasteiger partial charge on any atom is 0.306 e. The van der Waals surface area contributed by atoms with Crippen molar-refractivity contribution in [3.8, 4) is 0 Å². The quantitative estimate of drug-likeness (QED) is 0.317. The monoisotopic (exact) mass is 443 g/mol. The van der Waals surface area contributed by atoms with E-state index in [1.54, 1.807) is 0 Å². The van der Waals surface area contributed by atoms with E-state index in [1.807, 2.05) is 91.0 Å². The summed E-state index contributed by atoms with van der Waals surface area (Å²) in [6, 6.07) is 28.3. The number of imide groups is 1. The first-order chi connectivity index (χ1) is 16.1. The van der Waals surface area contributed by atoms with Crippen LogP contribution in [0.5, 0.6) is 0 Å². The number of ether oxygens (including phenoxy) is 1. The number of carbonyl (C=O) groups excluding carboxylic acids is 3. The minimum atomic E-state index is -0.281. The second-order valence-electron chi connectivity index (χ2n) is 7.87. The van der Waals surface area contributed by atoms with Crippen molar-refractivity contribution in [3.05, 3.63) is 108 Å². The zero-order chi connectivity index (χ0) is 23.3. The van der Waals surface area contributed by atoms with E-state index in [1.165, 1.54) is 4.90 Å². The molecule has 170 valence electrons. The molecule has 5 heteroatoms. The molecule has 0 atom stereocenters. The molecule has 0 saturated heterocycles. The maximum atomic E-state index is 12.9. The molecule has 0 aliphatic rings. The van der Waals surface area contributed by atoms with Crippen molar-refractivity contribution in [1.82, 2.24) is 4.90 Å². The van der Waals surface area contributed by atoms with Gasteiger partial charge in [0.15, 0.2) is 0 Å². The molecule has 3 rings (SSSR count). The lowest BCUT2D eigenvalue weighted by atomic mass is 10.1. The summed E-state index contributed by atoms with van der Waals surface area (Å²) in [6.45, 7) is 0.528. The van der Waals surface area contributed by atoms with E-state index in [0.717, 1.165) is 16.7 Å². The fraction of sp³-hybridized carbons (Fsp3) is 0.250. The topological polar surface area (TPSA) is 63.7 Å². The molecule has 3 aromatic carbocycles. The Balaban J connectivity index is 1.51. The summed E-state index contributed by atoms with van der Waals surface area (Å²) in [4.78, 5) is 39.3. The van der Waals surface area contributed by atoms with Crippen LogP contribution in [0.15, 0.2) is 91.0 Å². The minimum absolute atomic E-state index is 0.167. The van der Waals surface area contributed by atoms with Crippen LogP contribution in [0.4, 0.5) is 0 Å². The van der Waals surface area contributed by atoms with E-state index in [2.05, 4.69) is 0 Å². The van der Waals surface area contributed by atoms with E-state index in [9.17, 15) is 14.4 Å². The van der Waals surface area contributed by atoms with Crippen LogP contribution in [0.3, 0.4) is 0 Å². The van der Waals surface area contributed by atoms with Crippen LogP contribution in [-0.2, 0) is 38.6 Å². The number of unbranched alkanes of at least 4 members (excludes halogenated alkanes) is 1. The molecule has 0 N–H and O–H groups in total. The van der Waals surface area contributed by atoms with E-state index in [0.29, 0.717) is 12.8 Å². The van der Waals surface area contributed by atoms with Gasteiger partial charge < -0.3 is 4.74 Å². The van der Waals surface area contributed by atoms with Gasteiger partial charge in [0.2, 0.25) is 11.8 Å². The zero-order valence-corrected chi connectivity index (χ0v) is 18.7. The predicted molar refractivity (Wildman–Crippen MR) is 127 cm³/mol. The van der Waals surface area contributed by atoms with Crippen molar-refractivity contribution in [2.75, 3.05) is 6.54 Å². The van der Waals surface area contributed by atoms with E-state index >= 15 is 0 Å². The molecule has 0 unspecified atom stereocenters. The van der Waals surface area contributed by atoms with Crippen molar-refractivity contribution >= 4 is 17.8 Å². The first-order valence-corrected chi connectivity index (χ1v) is 11.2. The molecule has 33 heavy (non-hydrogen) atoms. The van der Waals surface area contributed by atoms with Crippen molar-refractivity contribution in [2.45, 2.75) is 38.7 Å². The smallest absolute Gasteiger partial charge is 0.306 e. The lowest BCUT2D eigenvalue weighted by Gasteiger charge is -2.21. The fourth-order valence-corrected chi connectivity index (χ4v) is 3.47. The third-order valence-corrected chi connectivity index (χ3v) is 5.25. The number of amides is 2. The van der Waals surface area contributed by atoms with Gasteiger partial charge in [-0.3, -0.25) is 19.3 Å². The Labute approximate surface area is 195 Å². The lowest BCUT2D eigenvalue weighted by Crippen LogP contribution is -2.39. The van der Waals surface area contributed by atoms with Crippen LogP contribution < -0.4 is 0 Å². The van der Waals surface area contributed by atoms with Gasteiger partial charge in [0, 0.05) is 13.0 Å². The Bertz CT molecular complexity index is 966. The molecule has 0 radical (unpaired) electrons. The number of benzene rings is 3. The summed E-state index contributed by atoms with van der Waals surface area (Å²) < 4.78 is 5.30.